The van der Waals surface area contributed by atoms with Crippen molar-refractivity contribution in [1.82, 2.24) is 14.5 Å². The quantitative estimate of drug-likeness (QED) is 0.783. The molecule has 2 aromatic heterocycles. The minimum absolute atomic E-state index is 0.0302. The van der Waals surface area contributed by atoms with Crippen LogP contribution in [-0.2, 0) is 6.54 Å². The average Bonchev–Trinajstić information content (AvgIpc) is 2.31. The van der Waals surface area contributed by atoms with Gasteiger partial charge in [0.2, 0.25) is 5.95 Å². The predicted octanol–water partition coefficient (Wildman–Crippen LogP) is 0.0645. The molecule has 0 saturated heterocycles. The zero-order chi connectivity index (χ0) is 12.4. The first-order chi connectivity index (χ1) is 8.13. The predicted molar refractivity (Wildman–Crippen MR) is 64.7 cm³/mol. The van der Waals surface area contributed by atoms with Gasteiger partial charge in [0.05, 0.1) is 0 Å². The molecule has 17 heavy (non-hydrogen) atoms. The molecule has 2 rings (SSSR count). The molecule has 0 aliphatic carbocycles. The average molecular weight is 234 g/mol. The van der Waals surface area contributed by atoms with E-state index in [2.05, 4.69) is 9.97 Å². The summed E-state index contributed by atoms with van der Waals surface area (Å²) in [6, 6.07) is 1.74. The Morgan fingerprint density at radius 1 is 1.53 bits per heavy atom. The van der Waals surface area contributed by atoms with Gasteiger partial charge in [-0.15, -0.1) is 0 Å². The van der Waals surface area contributed by atoms with Crippen molar-refractivity contribution in [2.45, 2.75) is 19.9 Å². The Bertz CT molecular complexity index is 606. The Morgan fingerprint density at radius 3 is 3.00 bits per heavy atom. The summed E-state index contributed by atoms with van der Waals surface area (Å²) < 4.78 is 1.53. The number of fused-ring (bicyclic) bond motifs is 1. The van der Waals surface area contributed by atoms with E-state index in [0.717, 1.165) is 5.39 Å². The fourth-order valence-corrected chi connectivity index (χ4v) is 1.75. The molecule has 0 radical (unpaired) electrons. The topological polar surface area (TPSA) is 94.0 Å². The van der Waals surface area contributed by atoms with Gasteiger partial charge in [0.1, 0.15) is 5.65 Å². The second-order valence-electron chi connectivity index (χ2n) is 3.87. The number of aliphatic hydroxyl groups excluding tert-OH is 1. The van der Waals surface area contributed by atoms with Crippen LogP contribution in [0.5, 0.6) is 0 Å². The van der Waals surface area contributed by atoms with Gasteiger partial charge in [-0.2, -0.15) is 4.98 Å². The first-order valence-corrected chi connectivity index (χ1v) is 5.37. The highest BCUT2D eigenvalue weighted by Crippen LogP contribution is 2.11. The number of rotatable bonds is 3. The molecule has 0 aliphatic rings. The van der Waals surface area contributed by atoms with Crippen molar-refractivity contribution in [3.05, 3.63) is 28.2 Å². The molecule has 6 nitrogen and oxygen atoms in total. The summed E-state index contributed by atoms with van der Waals surface area (Å²) in [6.07, 6.45) is 2.10. The smallest absolute Gasteiger partial charge is 0.255 e. The number of aromatic nitrogens is 3. The molecular formula is C11H14N4O2. The van der Waals surface area contributed by atoms with Gasteiger partial charge in [-0.3, -0.25) is 9.36 Å². The molecule has 0 unspecified atom stereocenters. The van der Waals surface area contributed by atoms with E-state index in [9.17, 15) is 4.79 Å². The number of aryl methyl sites for hydroxylation is 2. The minimum Gasteiger partial charge on any atom is -0.396 e. The molecule has 2 aromatic rings. The number of nitrogens with zero attached hydrogens (tertiary/aromatic N) is 3. The molecule has 0 spiro atoms. The Labute approximate surface area is 97.7 Å². The van der Waals surface area contributed by atoms with Crippen LogP contribution in [0.3, 0.4) is 0 Å². The highest BCUT2D eigenvalue weighted by Gasteiger charge is 2.08. The number of nitrogen functional groups attached to an aromatic ring is 1. The van der Waals surface area contributed by atoms with Gasteiger partial charge in [0, 0.05) is 30.3 Å². The van der Waals surface area contributed by atoms with Crippen LogP contribution in [0.25, 0.3) is 11.0 Å². The van der Waals surface area contributed by atoms with Crippen molar-refractivity contribution >= 4 is 17.0 Å². The zero-order valence-electron chi connectivity index (χ0n) is 9.55. The molecule has 0 bridgehead atoms. The maximum Gasteiger partial charge on any atom is 0.255 e. The van der Waals surface area contributed by atoms with Gasteiger partial charge in [0.25, 0.3) is 5.56 Å². The normalized spacial score (nSPS) is 10.9. The van der Waals surface area contributed by atoms with Gasteiger partial charge < -0.3 is 10.8 Å². The van der Waals surface area contributed by atoms with Gasteiger partial charge in [-0.1, -0.05) is 0 Å². The molecule has 3 N–H and O–H groups in total. The molecule has 0 aliphatic heterocycles. The fraction of sp³-hybridized carbons (Fsp3) is 0.364. The minimum atomic E-state index is -0.107. The van der Waals surface area contributed by atoms with Gasteiger partial charge in [0.15, 0.2) is 0 Å². The van der Waals surface area contributed by atoms with Crippen LogP contribution in [0.1, 0.15) is 12.0 Å². The van der Waals surface area contributed by atoms with E-state index in [-0.39, 0.29) is 18.1 Å². The lowest BCUT2D eigenvalue weighted by Gasteiger charge is -2.09. The summed E-state index contributed by atoms with van der Waals surface area (Å²) in [5.41, 5.74) is 6.56. The summed E-state index contributed by atoms with van der Waals surface area (Å²) >= 11 is 0. The van der Waals surface area contributed by atoms with Crippen LogP contribution in [-0.4, -0.2) is 26.2 Å². The summed E-state index contributed by atoms with van der Waals surface area (Å²) in [7, 11) is 0. The lowest BCUT2D eigenvalue weighted by Crippen LogP contribution is -2.24. The van der Waals surface area contributed by atoms with Crippen molar-refractivity contribution in [2.24, 2.45) is 0 Å². The molecule has 0 aromatic carbocycles. The van der Waals surface area contributed by atoms with E-state index >= 15 is 0 Å². The monoisotopic (exact) mass is 234 g/mol. The molecule has 90 valence electrons. The summed E-state index contributed by atoms with van der Waals surface area (Å²) in [5, 5.41) is 9.61. The first-order valence-electron chi connectivity index (χ1n) is 5.37. The Kier molecular flexibility index (Phi) is 3.06. The first kappa shape index (κ1) is 11.5. The third kappa shape index (κ3) is 2.12. The lowest BCUT2D eigenvalue weighted by molar-refractivity contribution is 0.279. The van der Waals surface area contributed by atoms with Crippen molar-refractivity contribution in [1.29, 1.82) is 0 Å². The van der Waals surface area contributed by atoms with Gasteiger partial charge in [-0.05, 0) is 19.4 Å². The Hall–Kier alpha value is -1.95. The Balaban J connectivity index is 2.71. The van der Waals surface area contributed by atoms with E-state index < -0.39 is 0 Å². The zero-order valence-corrected chi connectivity index (χ0v) is 9.55. The molecular weight excluding hydrogens is 220 g/mol. The molecule has 2 heterocycles. The van der Waals surface area contributed by atoms with Crippen molar-refractivity contribution in [3.8, 4) is 0 Å². The number of hydrogen-bond donors (Lipinski definition) is 2. The third-order valence-corrected chi connectivity index (χ3v) is 2.56. The van der Waals surface area contributed by atoms with E-state index in [1.54, 1.807) is 19.2 Å². The van der Waals surface area contributed by atoms with Crippen LogP contribution in [0.2, 0.25) is 0 Å². The number of nitrogens with two attached hydrogens (primary N) is 1. The molecule has 6 heteroatoms. The van der Waals surface area contributed by atoms with Crippen molar-refractivity contribution < 1.29 is 5.11 Å². The number of aliphatic hydroxyl groups is 1. The van der Waals surface area contributed by atoms with Crippen molar-refractivity contribution in [3.63, 3.8) is 0 Å². The highest BCUT2D eigenvalue weighted by molar-refractivity contribution is 5.75. The second-order valence-corrected chi connectivity index (χ2v) is 3.87. The van der Waals surface area contributed by atoms with E-state index in [1.807, 2.05) is 0 Å². The molecule has 0 fully saturated rings. The number of pyridine rings is 1. The summed E-state index contributed by atoms with van der Waals surface area (Å²) in [6.45, 7) is 2.19. The van der Waals surface area contributed by atoms with E-state index in [4.69, 9.17) is 10.8 Å². The summed E-state index contributed by atoms with van der Waals surface area (Å²) in [5.74, 6) is 0.138. The largest absolute Gasteiger partial charge is 0.396 e. The highest BCUT2D eigenvalue weighted by atomic mass is 16.3. The van der Waals surface area contributed by atoms with Crippen LogP contribution < -0.4 is 11.3 Å². The van der Waals surface area contributed by atoms with Crippen LogP contribution in [0, 0.1) is 6.92 Å². The van der Waals surface area contributed by atoms with E-state index in [0.29, 0.717) is 24.2 Å². The summed E-state index contributed by atoms with van der Waals surface area (Å²) in [4.78, 5) is 20.0. The van der Waals surface area contributed by atoms with Crippen LogP contribution >= 0.6 is 0 Å². The van der Waals surface area contributed by atoms with Gasteiger partial charge in [-0.25, -0.2) is 4.98 Å². The molecule has 0 saturated carbocycles. The van der Waals surface area contributed by atoms with Crippen LogP contribution in [0.15, 0.2) is 17.1 Å². The number of anilines is 1. The van der Waals surface area contributed by atoms with Crippen molar-refractivity contribution in [2.75, 3.05) is 12.3 Å². The third-order valence-electron chi connectivity index (χ3n) is 2.56. The maximum absolute atomic E-state index is 12.0. The fourth-order valence-electron chi connectivity index (χ4n) is 1.75. The van der Waals surface area contributed by atoms with E-state index in [1.165, 1.54) is 4.57 Å². The number of hydrogen-bond acceptors (Lipinski definition) is 5. The molecule has 0 atom stereocenters. The standard InChI is InChI=1S/C11H14N4O2/c1-7-5-8-6-13-11(12)14-9(8)15(10(7)17)3-2-4-16/h5-6,16H,2-4H2,1H3,(H2,12,13,14). The van der Waals surface area contributed by atoms with Crippen LogP contribution in [0.4, 0.5) is 5.95 Å². The second kappa shape index (κ2) is 4.50. The maximum atomic E-state index is 12.0. The SMILES string of the molecule is Cc1cc2cnc(N)nc2n(CCCO)c1=O. The Morgan fingerprint density at radius 2 is 2.29 bits per heavy atom. The van der Waals surface area contributed by atoms with Gasteiger partial charge >= 0.3 is 0 Å². The molecule has 0 amide bonds. The lowest BCUT2D eigenvalue weighted by atomic mass is 10.2.